The van der Waals surface area contributed by atoms with Crippen LogP contribution < -0.4 is 0 Å². The Morgan fingerprint density at radius 3 is 1.45 bits per heavy atom. The van der Waals surface area contributed by atoms with E-state index >= 15 is 0 Å². The van der Waals surface area contributed by atoms with Gasteiger partial charge in [0.25, 0.3) is 0 Å². The van der Waals surface area contributed by atoms with Crippen molar-refractivity contribution in [2.24, 2.45) is 0 Å². The minimum Gasteiger partial charge on any atom is -0.392 e. The molecule has 0 unspecified atom stereocenters. The topological polar surface area (TPSA) is 76.1 Å². The smallest absolute Gasteiger partial charge is 0.0959 e. The number of benzene rings is 4. The highest BCUT2D eigenvalue weighted by molar-refractivity contribution is 5.71. The van der Waals surface area contributed by atoms with Gasteiger partial charge in [-0.2, -0.15) is 0 Å². The normalized spacial score (nSPS) is 15.9. The van der Waals surface area contributed by atoms with Crippen LogP contribution in [0, 0.1) is 0 Å². The van der Waals surface area contributed by atoms with Gasteiger partial charge >= 0.3 is 0 Å². The van der Waals surface area contributed by atoms with Gasteiger partial charge in [0.1, 0.15) is 0 Å². The fraction of sp³-hybridized carbons (Fsp3) is 0.118. The monoisotopic (exact) mass is 524 g/mol. The summed E-state index contributed by atoms with van der Waals surface area (Å²) in [6.07, 6.45) is 7.58. The Morgan fingerprint density at radius 1 is 0.550 bits per heavy atom. The minimum absolute atomic E-state index is 0.0684. The molecule has 4 heterocycles. The average molecular weight is 525 g/mol. The summed E-state index contributed by atoms with van der Waals surface area (Å²) in [6, 6.07) is 33.4. The first-order valence-electron chi connectivity index (χ1n) is 13.4. The van der Waals surface area contributed by atoms with E-state index in [4.69, 9.17) is 0 Å². The molecule has 0 amide bonds. The second-order valence-corrected chi connectivity index (χ2v) is 10.2. The summed E-state index contributed by atoms with van der Waals surface area (Å²) in [6.45, 7) is 0.137. The van der Waals surface area contributed by atoms with E-state index in [2.05, 4.69) is 91.9 Å². The predicted molar refractivity (Wildman–Crippen MR) is 155 cm³/mol. The molecule has 0 saturated carbocycles. The van der Waals surface area contributed by atoms with Crippen molar-refractivity contribution in [3.8, 4) is 22.5 Å². The Morgan fingerprint density at radius 2 is 1.00 bits per heavy atom. The number of rotatable bonds is 4. The number of aliphatic hydroxyl groups is 2. The number of nitrogens with zero attached hydrogens (tertiary/aromatic N) is 4. The van der Waals surface area contributed by atoms with Crippen LogP contribution in [0.1, 0.15) is 45.5 Å². The molecule has 0 fully saturated rings. The van der Waals surface area contributed by atoms with Crippen LogP contribution in [0.2, 0.25) is 0 Å². The zero-order valence-corrected chi connectivity index (χ0v) is 21.8. The molecule has 6 nitrogen and oxygen atoms in total. The van der Waals surface area contributed by atoms with Gasteiger partial charge in [-0.1, -0.05) is 97.1 Å². The van der Waals surface area contributed by atoms with Crippen LogP contribution in [-0.4, -0.2) is 29.3 Å². The van der Waals surface area contributed by atoms with E-state index in [0.29, 0.717) is 0 Å². The molecule has 2 aliphatic rings. The van der Waals surface area contributed by atoms with Gasteiger partial charge in [-0.25, -0.2) is 9.97 Å². The first kappa shape index (κ1) is 24.3. The average Bonchev–Trinajstić information content (AvgIpc) is 3.79. The Labute approximate surface area is 232 Å². The van der Waals surface area contributed by atoms with E-state index < -0.39 is 0 Å². The molecule has 4 aromatic carbocycles. The van der Waals surface area contributed by atoms with Gasteiger partial charge in [0.2, 0.25) is 0 Å². The lowest BCUT2D eigenvalue weighted by Crippen LogP contribution is -2.07. The SMILES string of the molecule is OCc1cccc([C@@H]2c3ccccc3-c3cncn32)c1.OCc1cccc([C@H]2c3ccccc3-c3cncn32)c1. The quantitative estimate of drug-likeness (QED) is 0.297. The first-order valence-corrected chi connectivity index (χ1v) is 13.4. The van der Waals surface area contributed by atoms with Gasteiger partial charge in [0.05, 0.1) is 61.7 Å². The highest BCUT2D eigenvalue weighted by Gasteiger charge is 2.30. The van der Waals surface area contributed by atoms with Crippen LogP contribution in [0.5, 0.6) is 0 Å². The lowest BCUT2D eigenvalue weighted by atomic mass is 9.96. The molecule has 2 aromatic heterocycles. The van der Waals surface area contributed by atoms with E-state index in [1.165, 1.54) is 33.4 Å². The number of hydrogen-bond donors (Lipinski definition) is 2. The van der Waals surface area contributed by atoms with E-state index in [0.717, 1.165) is 22.5 Å². The molecule has 6 aromatic rings. The zero-order valence-electron chi connectivity index (χ0n) is 21.8. The van der Waals surface area contributed by atoms with Crippen molar-refractivity contribution >= 4 is 0 Å². The Hall–Kier alpha value is -4.78. The molecule has 196 valence electrons. The third-order valence-electron chi connectivity index (χ3n) is 7.85. The largest absolute Gasteiger partial charge is 0.392 e. The van der Waals surface area contributed by atoms with Crippen LogP contribution in [0.3, 0.4) is 0 Å². The van der Waals surface area contributed by atoms with E-state index in [9.17, 15) is 10.2 Å². The maximum Gasteiger partial charge on any atom is 0.0959 e. The summed E-state index contributed by atoms with van der Waals surface area (Å²) in [7, 11) is 0. The molecule has 8 rings (SSSR count). The Balaban J connectivity index is 0.000000132. The summed E-state index contributed by atoms with van der Waals surface area (Å²) < 4.78 is 4.39. The molecule has 2 N–H and O–H groups in total. The summed E-state index contributed by atoms with van der Waals surface area (Å²) in [5.41, 5.74) is 11.6. The number of fused-ring (bicyclic) bond motifs is 6. The maximum atomic E-state index is 9.34. The molecular weight excluding hydrogens is 496 g/mol. The van der Waals surface area contributed by atoms with Crippen molar-refractivity contribution in [1.82, 2.24) is 19.1 Å². The molecule has 0 radical (unpaired) electrons. The third kappa shape index (κ3) is 3.97. The van der Waals surface area contributed by atoms with Crippen LogP contribution in [0.15, 0.2) is 122 Å². The molecule has 2 atom stereocenters. The van der Waals surface area contributed by atoms with Crippen LogP contribution in [0.25, 0.3) is 22.5 Å². The summed E-state index contributed by atoms with van der Waals surface area (Å²) in [4.78, 5) is 8.55. The number of aliphatic hydroxyl groups excluding tert-OH is 2. The lowest BCUT2D eigenvalue weighted by Gasteiger charge is -2.16. The van der Waals surface area contributed by atoms with Gasteiger partial charge in [-0.15, -0.1) is 0 Å². The van der Waals surface area contributed by atoms with Crippen molar-refractivity contribution in [3.05, 3.63) is 155 Å². The van der Waals surface area contributed by atoms with Crippen molar-refractivity contribution in [2.45, 2.75) is 25.3 Å². The second kappa shape index (κ2) is 10.1. The molecule has 0 saturated heterocycles. The van der Waals surface area contributed by atoms with Crippen LogP contribution in [0.4, 0.5) is 0 Å². The molecular formula is C34H28N4O2. The van der Waals surface area contributed by atoms with E-state index in [1.807, 2.05) is 49.3 Å². The van der Waals surface area contributed by atoms with Crippen molar-refractivity contribution in [1.29, 1.82) is 0 Å². The maximum absolute atomic E-state index is 9.34. The predicted octanol–water partition coefficient (Wildman–Crippen LogP) is 5.99. The van der Waals surface area contributed by atoms with Crippen molar-refractivity contribution in [3.63, 3.8) is 0 Å². The molecule has 0 spiro atoms. The third-order valence-corrected chi connectivity index (χ3v) is 7.85. The molecule has 40 heavy (non-hydrogen) atoms. The van der Waals surface area contributed by atoms with Crippen LogP contribution in [-0.2, 0) is 13.2 Å². The lowest BCUT2D eigenvalue weighted by molar-refractivity contribution is 0.281. The van der Waals surface area contributed by atoms with Gasteiger partial charge in [0, 0.05) is 11.1 Å². The molecule has 0 aliphatic carbocycles. The standard InChI is InChI=1S/2C17H14N2O/c2*20-10-12-4-3-5-13(8-12)17-15-7-2-1-6-14(15)16-9-18-11-19(16)17/h2*1-9,11,17,20H,10H2/t2*17-/m10/s1. The highest BCUT2D eigenvalue weighted by atomic mass is 16.3. The van der Waals surface area contributed by atoms with Gasteiger partial charge in [-0.3, -0.25) is 0 Å². The fourth-order valence-electron chi connectivity index (χ4n) is 6.08. The van der Waals surface area contributed by atoms with Crippen molar-refractivity contribution < 1.29 is 10.2 Å². The number of hydrogen-bond acceptors (Lipinski definition) is 4. The summed E-state index contributed by atoms with van der Waals surface area (Å²) in [5, 5.41) is 18.7. The minimum atomic E-state index is 0.0684. The molecule has 2 aliphatic heterocycles. The number of aromatic nitrogens is 4. The fourth-order valence-corrected chi connectivity index (χ4v) is 6.08. The van der Waals surface area contributed by atoms with Gasteiger partial charge in [-0.05, 0) is 33.4 Å². The second-order valence-electron chi connectivity index (χ2n) is 10.2. The molecule has 6 heteroatoms. The molecule has 0 bridgehead atoms. The van der Waals surface area contributed by atoms with Crippen molar-refractivity contribution in [2.75, 3.05) is 0 Å². The van der Waals surface area contributed by atoms with E-state index in [1.54, 1.807) is 0 Å². The highest BCUT2D eigenvalue weighted by Crippen LogP contribution is 2.43. The van der Waals surface area contributed by atoms with E-state index in [-0.39, 0.29) is 25.3 Å². The number of imidazole rings is 2. The van der Waals surface area contributed by atoms with Gasteiger partial charge in [0.15, 0.2) is 0 Å². The summed E-state index contributed by atoms with van der Waals surface area (Å²) >= 11 is 0. The van der Waals surface area contributed by atoms with Crippen LogP contribution >= 0.6 is 0 Å². The van der Waals surface area contributed by atoms with Gasteiger partial charge < -0.3 is 19.3 Å². The first-order chi connectivity index (χ1) is 19.8. The zero-order chi connectivity index (χ0) is 27.1. The summed E-state index contributed by atoms with van der Waals surface area (Å²) in [5.74, 6) is 0. The Kier molecular flexibility index (Phi) is 6.11. The Bertz CT molecular complexity index is 1690.